The fraction of sp³-hybridized carbons (Fsp3) is 0.636. The minimum atomic E-state index is 0.939. The van der Waals surface area contributed by atoms with E-state index in [1.165, 1.54) is 25.9 Å². The molecule has 0 bridgehead atoms. The zero-order valence-electron chi connectivity index (χ0n) is 9.07. The van der Waals surface area contributed by atoms with Gasteiger partial charge in [0.15, 0.2) is 0 Å². The van der Waals surface area contributed by atoms with Crippen molar-refractivity contribution in [1.29, 1.82) is 0 Å². The van der Waals surface area contributed by atoms with Gasteiger partial charge in [-0.3, -0.25) is 0 Å². The summed E-state index contributed by atoms with van der Waals surface area (Å²) in [4.78, 5) is 6.96. The van der Waals surface area contributed by atoms with Crippen molar-refractivity contribution in [3.63, 3.8) is 0 Å². The van der Waals surface area contributed by atoms with Crippen molar-refractivity contribution in [1.82, 2.24) is 10.4 Å². The molecule has 0 unspecified atom stereocenters. The zero-order valence-corrected chi connectivity index (χ0v) is 9.07. The second-order valence-electron chi connectivity index (χ2n) is 3.93. The van der Waals surface area contributed by atoms with Crippen molar-refractivity contribution >= 4 is 0 Å². The Kier molecular flexibility index (Phi) is 5.15. The van der Waals surface area contributed by atoms with Gasteiger partial charge in [-0.1, -0.05) is 6.92 Å². The van der Waals surface area contributed by atoms with Gasteiger partial charge in [0, 0.05) is 12.7 Å². The second kappa shape index (κ2) is 6.49. The van der Waals surface area contributed by atoms with Crippen LogP contribution in [0.4, 0.5) is 0 Å². The minimum Gasteiger partial charge on any atom is -0.391 e. The summed E-state index contributed by atoms with van der Waals surface area (Å²) in [5.74, 6) is 0.939. The molecule has 0 spiro atoms. The lowest BCUT2D eigenvalue weighted by Crippen LogP contribution is -2.30. The van der Waals surface area contributed by atoms with E-state index < -0.39 is 0 Å². The highest BCUT2D eigenvalue weighted by atomic mass is 16.6. The van der Waals surface area contributed by atoms with Gasteiger partial charge in [-0.25, -0.2) is 5.48 Å². The number of nitrogens with one attached hydrogen (secondary N) is 1. The molecular formula is C11H20N2O. The molecule has 1 atom stereocenters. The number of rotatable bonds is 0. The van der Waals surface area contributed by atoms with E-state index >= 15 is 0 Å². The Morgan fingerprint density at radius 3 is 2.57 bits per heavy atom. The number of allylic oxidation sites excluding steroid dienone is 2. The highest BCUT2D eigenvalue weighted by Gasteiger charge is 2.11. The maximum absolute atomic E-state index is 4.55. The number of likely N-dealkylation sites (tertiary alicyclic amines) is 1. The van der Waals surface area contributed by atoms with E-state index in [0.29, 0.717) is 0 Å². The van der Waals surface area contributed by atoms with Gasteiger partial charge in [0.1, 0.15) is 6.26 Å². The van der Waals surface area contributed by atoms with Crippen molar-refractivity contribution in [2.24, 2.45) is 5.92 Å². The maximum Gasteiger partial charge on any atom is 0.119 e. The van der Waals surface area contributed by atoms with Gasteiger partial charge in [0.25, 0.3) is 0 Å². The first-order valence-corrected chi connectivity index (χ1v) is 5.20. The molecule has 1 saturated heterocycles. The van der Waals surface area contributed by atoms with Gasteiger partial charge in [-0.05, 0) is 44.5 Å². The number of nitrogens with zero attached hydrogens (tertiary/aromatic N) is 1. The molecule has 14 heavy (non-hydrogen) atoms. The summed E-state index contributed by atoms with van der Waals surface area (Å²) >= 11 is 0. The Hall–Kier alpha value is -0.960. The molecule has 2 rings (SSSR count). The van der Waals surface area contributed by atoms with Crippen LogP contribution in [0.3, 0.4) is 0 Å². The number of hydroxylamine groups is 1. The molecule has 0 aromatic rings. The van der Waals surface area contributed by atoms with Crippen LogP contribution in [-0.4, -0.2) is 25.0 Å². The molecular weight excluding hydrogens is 176 g/mol. The fourth-order valence-electron chi connectivity index (χ4n) is 1.68. The van der Waals surface area contributed by atoms with Crippen molar-refractivity contribution < 1.29 is 4.84 Å². The predicted molar refractivity (Wildman–Crippen MR) is 58.4 cm³/mol. The van der Waals surface area contributed by atoms with E-state index in [1.807, 2.05) is 6.08 Å². The van der Waals surface area contributed by atoms with Crippen LogP contribution >= 0.6 is 0 Å². The van der Waals surface area contributed by atoms with Crippen LogP contribution in [-0.2, 0) is 4.84 Å². The first kappa shape index (κ1) is 11.1. The molecule has 0 radical (unpaired) electrons. The van der Waals surface area contributed by atoms with Crippen LogP contribution in [0.5, 0.6) is 0 Å². The van der Waals surface area contributed by atoms with Crippen molar-refractivity contribution in [3.8, 4) is 0 Å². The Morgan fingerprint density at radius 1 is 1.43 bits per heavy atom. The molecule has 2 heterocycles. The molecule has 0 saturated carbocycles. The molecule has 2 aliphatic rings. The number of hydrogen-bond acceptors (Lipinski definition) is 3. The largest absolute Gasteiger partial charge is 0.391 e. The van der Waals surface area contributed by atoms with E-state index in [1.54, 1.807) is 18.5 Å². The Balaban J connectivity index is 0.000000146. The average molecular weight is 196 g/mol. The smallest absolute Gasteiger partial charge is 0.119 e. The fourth-order valence-corrected chi connectivity index (χ4v) is 1.68. The van der Waals surface area contributed by atoms with Crippen LogP contribution < -0.4 is 5.48 Å². The SMILES string of the molecule is C1=CNOC=C1.C[C@H]1CCCN(C)C1. The van der Waals surface area contributed by atoms with Crippen molar-refractivity contribution in [2.45, 2.75) is 19.8 Å². The van der Waals surface area contributed by atoms with Gasteiger partial charge in [0.05, 0.1) is 0 Å². The van der Waals surface area contributed by atoms with Gasteiger partial charge in [-0.2, -0.15) is 0 Å². The molecule has 3 heteroatoms. The third-order valence-electron chi connectivity index (χ3n) is 2.35. The predicted octanol–water partition coefficient (Wildman–Crippen LogP) is 1.90. The lowest BCUT2D eigenvalue weighted by Gasteiger charge is -2.26. The van der Waals surface area contributed by atoms with Crippen LogP contribution in [0.15, 0.2) is 24.6 Å². The van der Waals surface area contributed by atoms with Crippen LogP contribution in [0, 0.1) is 5.92 Å². The summed E-state index contributed by atoms with van der Waals surface area (Å²) in [7, 11) is 2.20. The summed E-state index contributed by atoms with van der Waals surface area (Å²) in [6.07, 6.45) is 9.77. The summed E-state index contributed by atoms with van der Waals surface area (Å²) in [6, 6.07) is 0. The highest BCUT2D eigenvalue weighted by Crippen LogP contribution is 2.12. The Morgan fingerprint density at radius 2 is 2.29 bits per heavy atom. The molecule has 3 nitrogen and oxygen atoms in total. The number of hydrogen-bond donors (Lipinski definition) is 1. The lowest BCUT2D eigenvalue weighted by atomic mass is 10.0. The second-order valence-corrected chi connectivity index (χ2v) is 3.93. The van der Waals surface area contributed by atoms with E-state index in [2.05, 4.69) is 29.2 Å². The Labute approximate surface area is 86.4 Å². The van der Waals surface area contributed by atoms with Gasteiger partial charge in [0.2, 0.25) is 0 Å². The molecule has 1 N–H and O–H groups in total. The molecule has 0 amide bonds. The maximum atomic E-state index is 4.55. The van der Waals surface area contributed by atoms with Crippen LogP contribution in [0.2, 0.25) is 0 Å². The molecule has 0 aromatic carbocycles. The standard InChI is InChI=1S/C7H15N.C4H5NO/c1-7-4-3-5-8(2)6-7;1-2-4-6-5-3-1/h7H,3-6H2,1-2H3;1-5H/t7-;/m0./s1. The number of piperidine rings is 1. The summed E-state index contributed by atoms with van der Waals surface area (Å²) < 4.78 is 0. The Bertz CT molecular complexity index is 181. The van der Waals surface area contributed by atoms with Crippen molar-refractivity contribution in [2.75, 3.05) is 20.1 Å². The third kappa shape index (κ3) is 4.92. The van der Waals surface area contributed by atoms with E-state index in [9.17, 15) is 0 Å². The van der Waals surface area contributed by atoms with E-state index in [-0.39, 0.29) is 0 Å². The van der Waals surface area contributed by atoms with Crippen molar-refractivity contribution in [3.05, 3.63) is 24.6 Å². The average Bonchev–Trinajstić information content (AvgIpc) is 2.21. The summed E-state index contributed by atoms with van der Waals surface area (Å²) in [5, 5.41) is 0. The summed E-state index contributed by atoms with van der Waals surface area (Å²) in [6.45, 7) is 4.94. The van der Waals surface area contributed by atoms with Gasteiger partial charge in [-0.15, -0.1) is 0 Å². The first-order chi connectivity index (χ1) is 6.79. The van der Waals surface area contributed by atoms with E-state index in [4.69, 9.17) is 0 Å². The topological polar surface area (TPSA) is 24.5 Å². The van der Waals surface area contributed by atoms with Gasteiger partial charge >= 0.3 is 0 Å². The molecule has 0 aromatic heterocycles. The zero-order chi connectivity index (χ0) is 10.2. The van der Waals surface area contributed by atoms with E-state index in [0.717, 1.165) is 5.92 Å². The normalized spacial score (nSPS) is 25.7. The van der Waals surface area contributed by atoms with Crippen LogP contribution in [0.1, 0.15) is 19.8 Å². The highest BCUT2D eigenvalue weighted by molar-refractivity contribution is 5.00. The molecule has 80 valence electrons. The summed E-state index contributed by atoms with van der Waals surface area (Å²) in [5.41, 5.74) is 2.52. The first-order valence-electron chi connectivity index (χ1n) is 5.20. The third-order valence-corrected chi connectivity index (χ3v) is 2.35. The van der Waals surface area contributed by atoms with Gasteiger partial charge < -0.3 is 9.74 Å². The molecule has 2 aliphatic heterocycles. The molecule has 1 fully saturated rings. The minimum absolute atomic E-state index is 0.939. The van der Waals surface area contributed by atoms with Crippen LogP contribution in [0.25, 0.3) is 0 Å². The molecule has 0 aliphatic carbocycles. The lowest BCUT2D eigenvalue weighted by molar-refractivity contribution is 0.172. The quantitative estimate of drug-likeness (QED) is 0.640. The monoisotopic (exact) mass is 196 g/mol.